The molecule has 1 N–H and O–H groups in total. The van der Waals surface area contributed by atoms with E-state index in [0.717, 1.165) is 26.1 Å². The van der Waals surface area contributed by atoms with Crippen LogP contribution in [0.2, 0.25) is 5.02 Å². The predicted octanol–water partition coefficient (Wildman–Crippen LogP) is 2.73. The van der Waals surface area contributed by atoms with Crippen LogP contribution in [-0.4, -0.2) is 63.3 Å². The molecule has 0 atom stereocenters. The number of carbonyl (C=O) groups excluding carboxylic acids is 1. The maximum atomic E-state index is 12.7. The molecule has 2 saturated heterocycles. The number of hydrogen-bond acceptors (Lipinski definition) is 4. The molecule has 0 bridgehead atoms. The first kappa shape index (κ1) is 22.5. The van der Waals surface area contributed by atoms with Gasteiger partial charge in [-0.3, -0.25) is 4.79 Å². The van der Waals surface area contributed by atoms with E-state index in [-0.39, 0.29) is 17.6 Å². The molecule has 8 heteroatoms. The van der Waals surface area contributed by atoms with Gasteiger partial charge in [0.1, 0.15) is 0 Å². The lowest BCUT2D eigenvalue weighted by Gasteiger charge is -2.31. The predicted molar refractivity (Wildman–Crippen MR) is 116 cm³/mol. The van der Waals surface area contributed by atoms with E-state index < -0.39 is 10.0 Å². The highest BCUT2D eigenvalue weighted by Crippen LogP contribution is 2.24. The smallest absolute Gasteiger partial charge is 0.223 e. The zero-order valence-corrected chi connectivity index (χ0v) is 18.7. The second-order valence-corrected chi connectivity index (χ2v) is 10.7. The first-order chi connectivity index (χ1) is 13.8. The lowest BCUT2D eigenvalue weighted by atomic mass is 9.93. The number of sulfonamides is 1. The van der Waals surface area contributed by atoms with Gasteiger partial charge < -0.3 is 10.2 Å². The maximum Gasteiger partial charge on any atom is 0.223 e. The van der Waals surface area contributed by atoms with Gasteiger partial charge in [0.05, 0.1) is 5.75 Å². The van der Waals surface area contributed by atoms with E-state index in [4.69, 9.17) is 11.6 Å². The Bertz CT molecular complexity index is 786. The van der Waals surface area contributed by atoms with Crippen LogP contribution >= 0.6 is 11.6 Å². The molecule has 0 aromatic heterocycles. The maximum absolute atomic E-state index is 12.7. The molecule has 0 radical (unpaired) electrons. The Morgan fingerprint density at radius 2 is 1.76 bits per heavy atom. The van der Waals surface area contributed by atoms with E-state index in [1.54, 1.807) is 24.3 Å². The number of likely N-dealkylation sites (tertiary alicyclic amines) is 1. The minimum Gasteiger partial charge on any atom is -0.356 e. The molecule has 6 nitrogen and oxygen atoms in total. The Morgan fingerprint density at radius 1 is 1.10 bits per heavy atom. The third-order valence-electron chi connectivity index (χ3n) is 6.20. The van der Waals surface area contributed by atoms with Crippen LogP contribution in [0.5, 0.6) is 0 Å². The van der Waals surface area contributed by atoms with E-state index in [1.807, 2.05) is 0 Å². The average molecular weight is 442 g/mol. The standard InChI is InChI=1S/C21H32ClN3O3S/c1-24-12-7-17(8-13-24)6-11-23-21(26)18-9-14-25(15-10-18)29(27,28)16-19-4-2-3-5-20(19)22/h2-5,17-18H,6-16H2,1H3,(H,23,26). The summed E-state index contributed by atoms with van der Waals surface area (Å²) in [6.45, 7) is 3.78. The van der Waals surface area contributed by atoms with Crippen molar-refractivity contribution in [3.8, 4) is 0 Å². The van der Waals surface area contributed by atoms with E-state index >= 15 is 0 Å². The Morgan fingerprint density at radius 3 is 2.41 bits per heavy atom. The molecule has 29 heavy (non-hydrogen) atoms. The number of rotatable bonds is 7. The van der Waals surface area contributed by atoms with Crippen LogP contribution in [0.15, 0.2) is 24.3 Å². The highest BCUT2D eigenvalue weighted by Gasteiger charge is 2.31. The summed E-state index contributed by atoms with van der Waals surface area (Å²) in [5.41, 5.74) is 0.614. The number of carbonyl (C=O) groups is 1. The van der Waals surface area contributed by atoms with Crippen molar-refractivity contribution in [3.63, 3.8) is 0 Å². The monoisotopic (exact) mass is 441 g/mol. The summed E-state index contributed by atoms with van der Waals surface area (Å²) < 4.78 is 26.9. The highest BCUT2D eigenvalue weighted by molar-refractivity contribution is 7.88. The number of nitrogens with one attached hydrogen (secondary N) is 1. The minimum atomic E-state index is -3.43. The molecule has 162 valence electrons. The number of benzene rings is 1. The van der Waals surface area contributed by atoms with Crippen molar-refractivity contribution in [1.82, 2.24) is 14.5 Å². The van der Waals surface area contributed by atoms with Crippen molar-refractivity contribution in [2.45, 2.75) is 37.9 Å². The van der Waals surface area contributed by atoms with Gasteiger partial charge >= 0.3 is 0 Å². The molecule has 0 aliphatic carbocycles. The van der Waals surface area contributed by atoms with Crippen LogP contribution < -0.4 is 5.32 Å². The zero-order valence-electron chi connectivity index (χ0n) is 17.1. The van der Waals surface area contributed by atoms with Crippen LogP contribution in [0.4, 0.5) is 0 Å². The molecular formula is C21H32ClN3O3S. The van der Waals surface area contributed by atoms with Gasteiger partial charge in [0.15, 0.2) is 0 Å². The van der Waals surface area contributed by atoms with E-state index in [9.17, 15) is 13.2 Å². The molecular weight excluding hydrogens is 410 g/mol. The summed E-state index contributed by atoms with van der Waals surface area (Å²) in [6, 6.07) is 7.02. The fourth-order valence-electron chi connectivity index (χ4n) is 4.19. The van der Waals surface area contributed by atoms with Crippen LogP contribution in [-0.2, 0) is 20.6 Å². The minimum absolute atomic E-state index is 0.0704. The molecule has 0 spiro atoms. The van der Waals surface area contributed by atoms with Crippen LogP contribution in [0.1, 0.15) is 37.7 Å². The summed E-state index contributed by atoms with van der Waals surface area (Å²) in [6.07, 6.45) is 4.58. The molecule has 0 saturated carbocycles. The van der Waals surface area contributed by atoms with Gasteiger partial charge in [-0.2, -0.15) is 0 Å². The summed E-state index contributed by atoms with van der Waals surface area (Å²) in [4.78, 5) is 14.8. The van der Waals surface area contributed by atoms with Crippen molar-refractivity contribution in [3.05, 3.63) is 34.9 Å². The highest BCUT2D eigenvalue weighted by atomic mass is 35.5. The molecule has 3 rings (SSSR count). The van der Waals surface area contributed by atoms with Crippen molar-refractivity contribution in [1.29, 1.82) is 0 Å². The third kappa shape index (κ3) is 6.41. The third-order valence-corrected chi connectivity index (χ3v) is 8.40. The quantitative estimate of drug-likeness (QED) is 0.706. The van der Waals surface area contributed by atoms with Crippen molar-refractivity contribution < 1.29 is 13.2 Å². The van der Waals surface area contributed by atoms with Crippen molar-refractivity contribution in [2.24, 2.45) is 11.8 Å². The molecule has 2 aliphatic rings. The lowest BCUT2D eigenvalue weighted by Crippen LogP contribution is -2.43. The van der Waals surface area contributed by atoms with Crippen molar-refractivity contribution in [2.75, 3.05) is 39.8 Å². The first-order valence-electron chi connectivity index (χ1n) is 10.5. The summed E-state index contributed by atoms with van der Waals surface area (Å²) in [7, 11) is -1.28. The van der Waals surface area contributed by atoms with Gasteiger partial charge in [0.25, 0.3) is 0 Å². The Labute approximate surface area is 179 Å². The summed E-state index contributed by atoms with van der Waals surface area (Å²) >= 11 is 6.11. The Balaban J connectivity index is 1.41. The van der Waals surface area contributed by atoms with Gasteiger partial charge in [0, 0.05) is 30.6 Å². The van der Waals surface area contributed by atoms with Gasteiger partial charge in [-0.1, -0.05) is 29.8 Å². The molecule has 2 fully saturated rings. The molecule has 0 unspecified atom stereocenters. The average Bonchev–Trinajstić information content (AvgIpc) is 2.71. The van der Waals surface area contributed by atoms with Crippen molar-refractivity contribution >= 4 is 27.5 Å². The molecule has 1 aromatic rings. The van der Waals surface area contributed by atoms with Gasteiger partial charge in [0.2, 0.25) is 15.9 Å². The second kappa shape index (κ2) is 10.2. The fourth-order valence-corrected chi connectivity index (χ4v) is 6.07. The topological polar surface area (TPSA) is 69.7 Å². The number of amides is 1. The normalized spacial score (nSPS) is 20.6. The van der Waals surface area contributed by atoms with E-state index in [2.05, 4.69) is 17.3 Å². The fraction of sp³-hybridized carbons (Fsp3) is 0.667. The molecule has 2 heterocycles. The van der Waals surface area contributed by atoms with Crippen LogP contribution in [0.25, 0.3) is 0 Å². The zero-order chi connectivity index (χ0) is 20.9. The Hall–Kier alpha value is -1.15. The van der Waals surface area contributed by atoms with E-state index in [1.165, 1.54) is 17.1 Å². The molecule has 1 amide bonds. The molecule has 1 aromatic carbocycles. The molecule has 2 aliphatic heterocycles. The van der Waals surface area contributed by atoms with Gasteiger partial charge in [-0.05, 0) is 69.8 Å². The van der Waals surface area contributed by atoms with Gasteiger partial charge in [-0.25, -0.2) is 12.7 Å². The summed E-state index contributed by atoms with van der Waals surface area (Å²) in [5.74, 6) is 0.573. The number of nitrogens with zero attached hydrogens (tertiary/aromatic N) is 2. The van der Waals surface area contributed by atoms with Gasteiger partial charge in [-0.15, -0.1) is 0 Å². The number of halogens is 1. The number of hydrogen-bond donors (Lipinski definition) is 1. The largest absolute Gasteiger partial charge is 0.356 e. The Kier molecular flexibility index (Phi) is 7.96. The van der Waals surface area contributed by atoms with Crippen LogP contribution in [0, 0.1) is 11.8 Å². The van der Waals surface area contributed by atoms with E-state index in [0.29, 0.717) is 42.4 Å². The summed E-state index contributed by atoms with van der Waals surface area (Å²) in [5, 5.41) is 3.54. The number of piperidine rings is 2. The van der Waals surface area contributed by atoms with Crippen LogP contribution in [0.3, 0.4) is 0 Å². The second-order valence-electron chi connectivity index (χ2n) is 8.35. The SMILES string of the molecule is CN1CCC(CCNC(=O)C2CCN(S(=O)(=O)Cc3ccccc3Cl)CC2)CC1. The first-order valence-corrected chi connectivity index (χ1v) is 12.5. The lowest BCUT2D eigenvalue weighted by molar-refractivity contribution is -0.126.